The maximum absolute atomic E-state index is 13.6. The summed E-state index contributed by atoms with van der Waals surface area (Å²) >= 11 is 0. The van der Waals surface area contributed by atoms with Crippen molar-refractivity contribution in [3.63, 3.8) is 0 Å². The Bertz CT molecular complexity index is 1720. The molecular weight excluding hydrogens is 522 g/mol. The SMILES string of the molecule is CNC(=O)c1c(-c2ccc(F)cc2)oc2cc(N(c3ccc4c(c3)CCOB4O)S(C)(=O)=O)c(C3CC3)cc12. The van der Waals surface area contributed by atoms with E-state index in [2.05, 4.69) is 5.32 Å². The molecule has 200 valence electrons. The van der Waals surface area contributed by atoms with Gasteiger partial charge in [0.15, 0.2) is 0 Å². The molecule has 1 saturated carbocycles. The van der Waals surface area contributed by atoms with E-state index in [1.807, 2.05) is 6.07 Å². The molecule has 1 fully saturated rings. The minimum Gasteiger partial charge on any atom is -0.455 e. The molecule has 0 bridgehead atoms. The molecule has 0 unspecified atom stereocenters. The lowest BCUT2D eigenvalue weighted by Gasteiger charge is -2.27. The van der Waals surface area contributed by atoms with Crippen LogP contribution in [0.2, 0.25) is 0 Å². The highest BCUT2D eigenvalue weighted by molar-refractivity contribution is 7.92. The van der Waals surface area contributed by atoms with Crippen LogP contribution in [0.3, 0.4) is 0 Å². The molecule has 39 heavy (non-hydrogen) atoms. The summed E-state index contributed by atoms with van der Waals surface area (Å²) in [6.07, 6.45) is 3.47. The molecule has 8 nitrogen and oxygen atoms in total. The number of furan rings is 1. The molecule has 1 aliphatic carbocycles. The number of hydrogen-bond acceptors (Lipinski definition) is 6. The average molecular weight is 548 g/mol. The largest absolute Gasteiger partial charge is 0.491 e. The fourth-order valence-electron chi connectivity index (χ4n) is 5.26. The molecule has 0 saturated heterocycles. The van der Waals surface area contributed by atoms with Gasteiger partial charge in [-0.1, -0.05) is 6.07 Å². The lowest BCUT2D eigenvalue weighted by molar-refractivity contribution is 0.0964. The second kappa shape index (κ2) is 9.51. The Balaban J connectivity index is 1.58. The molecule has 6 rings (SSSR count). The smallest absolute Gasteiger partial charge is 0.455 e. The predicted octanol–water partition coefficient (Wildman–Crippen LogP) is 3.83. The van der Waals surface area contributed by atoms with Crippen molar-refractivity contribution in [1.82, 2.24) is 5.32 Å². The number of fused-ring (bicyclic) bond motifs is 2. The van der Waals surface area contributed by atoms with Crippen LogP contribution in [0.1, 0.15) is 40.2 Å². The zero-order valence-corrected chi connectivity index (χ0v) is 22.2. The van der Waals surface area contributed by atoms with Crippen molar-refractivity contribution < 1.29 is 31.7 Å². The lowest BCUT2D eigenvalue weighted by atomic mass is 9.73. The van der Waals surface area contributed by atoms with Gasteiger partial charge in [-0.2, -0.15) is 0 Å². The third-order valence-corrected chi connectivity index (χ3v) is 8.31. The van der Waals surface area contributed by atoms with E-state index in [9.17, 15) is 22.6 Å². The average Bonchev–Trinajstić information content (AvgIpc) is 3.68. The Labute approximate surface area is 225 Å². The summed E-state index contributed by atoms with van der Waals surface area (Å²) in [5.74, 6) is -0.374. The van der Waals surface area contributed by atoms with E-state index in [0.717, 1.165) is 30.2 Å². The standard InChI is InChI=1S/C28H26BFN2O6S/c1-31-28(33)26-22-14-21(16-3-4-16)24(15-25(22)38-27(26)17-5-7-19(30)8-6-17)32(39(2,35)36)20-9-10-23-18(13-20)11-12-37-29(23)34/h5-10,13-16,34H,3-4,11-12H2,1-2H3,(H,31,33). The third-order valence-electron chi connectivity index (χ3n) is 7.24. The van der Waals surface area contributed by atoms with E-state index in [1.54, 1.807) is 24.3 Å². The van der Waals surface area contributed by atoms with Crippen LogP contribution in [0.4, 0.5) is 15.8 Å². The second-order valence-corrected chi connectivity index (χ2v) is 11.8. The summed E-state index contributed by atoms with van der Waals surface area (Å²) < 4.78 is 53.0. The highest BCUT2D eigenvalue weighted by Gasteiger charge is 2.34. The monoisotopic (exact) mass is 548 g/mol. The summed E-state index contributed by atoms with van der Waals surface area (Å²) in [6.45, 7) is 0.330. The third kappa shape index (κ3) is 4.60. The van der Waals surface area contributed by atoms with Crippen LogP contribution in [0.15, 0.2) is 59.0 Å². The van der Waals surface area contributed by atoms with Crippen molar-refractivity contribution in [2.45, 2.75) is 25.2 Å². The van der Waals surface area contributed by atoms with Crippen molar-refractivity contribution in [1.29, 1.82) is 0 Å². The van der Waals surface area contributed by atoms with Gasteiger partial charge in [-0.05, 0) is 84.2 Å². The van der Waals surface area contributed by atoms with Crippen molar-refractivity contribution in [3.8, 4) is 11.3 Å². The summed E-state index contributed by atoms with van der Waals surface area (Å²) in [4.78, 5) is 13.0. The fraction of sp³-hybridized carbons (Fsp3) is 0.250. The summed E-state index contributed by atoms with van der Waals surface area (Å²) in [6, 6.07) is 14.3. The number of hydrogen-bond donors (Lipinski definition) is 2. The highest BCUT2D eigenvalue weighted by atomic mass is 32.2. The molecule has 2 N–H and O–H groups in total. The van der Waals surface area contributed by atoms with Gasteiger partial charge < -0.3 is 19.4 Å². The number of rotatable bonds is 6. The molecule has 0 radical (unpaired) electrons. The van der Waals surface area contributed by atoms with Gasteiger partial charge in [-0.3, -0.25) is 4.79 Å². The Kier molecular flexibility index (Phi) is 6.24. The van der Waals surface area contributed by atoms with E-state index < -0.39 is 23.0 Å². The molecule has 11 heteroatoms. The molecule has 2 aliphatic rings. The maximum atomic E-state index is 13.6. The van der Waals surface area contributed by atoms with Crippen molar-refractivity contribution in [2.24, 2.45) is 0 Å². The number of benzene rings is 3. The zero-order chi connectivity index (χ0) is 27.5. The first kappa shape index (κ1) is 25.6. The summed E-state index contributed by atoms with van der Waals surface area (Å²) in [7, 11) is -3.34. The van der Waals surface area contributed by atoms with Crippen molar-refractivity contribution in [2.75, 3.05) is 24.2 Å². The van der Waals surface area contributed by atoms with E-state index in [0.29, 0.717) is 52.0 Å². The number of nitrogens with one attached hydrogen (secondary N) is 1. The minimum atomic E-state index is -3.81. The van der Waals surface area contributed by atoms with Crippen LogP contribution in [-0.2, 0) is 21.1 Å². The van der Waals surface area contributed by atoms with Gasteiger partial charge in [0.05, 0.1) is 23.2 Å². The number of carbonyl (C=O) groups excluding carboxylic acids is 1. The van der Waals surface area contributed by atoms with E-state index >= 15 is 0 Å². The first-order valence-electron chi connectivity index (χ1n) is 12.7. The molecule has 3 aromatic carbocycles. The van der Waals surface area contributed by atoms with E-state index in [1.165, 1.54) is 35.6 Å². The normalized spacial score (nSPS) is 15.3. The number of sulfonamides is 1. The number of halogens is 1. The van der Waals surface area contributed by atoms with Crippen molar-refractivity contribution in [3.05, 3.63) is 77.1 Å². The Morgan fingerprint density at radius 1 is 1.13 bits per heavy atom. The number of nitrogens with zero attached hydrogens (tertiary/aromatic N) is 1. The first-order chi connectivity index (χ1) is 18.7. The van der Waals surface area contributed by atoms with Gasteiger partial charge in [0.25, 0.3) is 5.91 Å². The zero-order valence-electron chi connectivity index (χ0n) is 21.4. The molecule has 4 aromatic rings. The predicted molar refractivity (Wildman–Crippen MR) is 148 cm³/mol. The van der Waals surface area contributed by atoms with Crippen LogP contribution in [0.5, 0.6) is 0 Å². The highest BCUT2D eigenvalue weighted by Crippen LogP contribution is 2.49. The Morgan fingerprint density at radius 2 is 1.87 bits per heavy atom. The van der Waals surface area contributed by atoms with E-state index in [-0.39, 0.29) is 17.6 Å². The van der Waals surface area contributed by atoms with Gasteiger partial charge in [0.2, 0.25) is 10.0 Å². The topological polar surface area (TPSA) is 109 Å². The molecule has 1 amide bonds. The molecule has 1 aromatic heterocycles. The molecule has 2 heterocycles. The Hall–Kier alpha value is -3.67. The van der Waals surface area contributed by atoms with Gasteiger partial charge >= 0.3 is 7.12 Å². The van der Waals surface area contributed by atoms with Gasteiger partial charge in [0, 0.05) is 30.7 Å². The van der Waals surface area contributed by atoms with Crippen LogP contribution < -0.4 is 15.1 Å². The van der Waals surface area contributed by atoms with Crippen LogP contribution in [0.25, 0.3) is 22.3 Å². The first-order valence-corrected chi connectivity index (χ1v) is 14.5. The molecule has 0 atom stereocenters. The minimum absolute atomic E-state index is 0.128. The number of amides is 1. The van der Waals surface area contributed by atoms with Crippen molar-refractivity contribution >= 4 is 50.9 Å². The summed E-state index contributed by atoms with van der Waals surface area (Å²) in [5.41, 5.74) is 4.27. The van der Waals surface area contributed by atoms with Crippen LogP contribution in [0, 0.1) is 5.82 Å². The second-order valence-electron chi connectivity index (χ2n) is 9.96. The maximum Gasteiger partial charge on any atom is 0.491 e. The molecule has 1 aliphatic heterocycles. The van der Waals surface area contributed by atoms with Gasteiger partial charge in [0.1, 0.15) is 17.2 Å². The fourth-order valence-corrected chi connectivity index (χ4v) is 6.27. The van der Waals surface area contributed by atoms with Crippen LogP contribution >= 0.6 is 0 Å². The van der Waals surface area contributed by atoms with Gasteiger partial charge in [-0.15, -0.1) is 0 Å². The molecular formula is C28H26BFN2O6S. The quantitative estimate of drug-likeness (QED) is 0.355. The van der Waals surface area contributed by atoms with Crippen LogP contribution in [-0.4, -0.2) is 46.4 Å². The number of anilines is 2. The molecule has 0 spiro atoms. The summed E-state index contributed by atoms with van der Waals surface area (Å²) in [5, 5.41) is 13.4. The lowest BCUT2D eigenvalue weighted by Crippen LogP contribution is -2.41. The van der Waals surface area contributed by atoms with E-state index in [4.69, 9.17) is 9.07 Å². The van der Waals surface area contributed by atoms with Gasteiger partial charge in [-0.25, -0.2) is 17.1 Å². The Morgan fingerprint density at radius 3 is 2.54 bits per heavy atom. The number of carbonyl (C=O) groups is 1.